The van der Waals surface area contributed by atoms with Crippen molar-refractivity contribution in [2.45, 2.75) is 38.0 Å². The lowest BCUT2D eigenvalue weighted by Crippen LogP contribution is -2.13. The third-order valence-electron chi connectivity index (χ3n) is 2.63. The fourth-order valence-electron chi connectivity index (χ4n) is 1.63. The van der Waals surface area contributed by atoms with E-state index in [-0.39, 0.29) is 10.3 Å². The molecule has 4 heteroatoms. The molecule has 1 aromatic rings. The number of benzene rings is 1. The van der Waals surface area contributed by atoms with E-state index in [1.807, 2.05) is 12.1 Å². The minimum atomic E-state index is -3.46. The van der Waals surface area contributed by atoms with E-state index in [1.54, 1.807) is 19.1 Å². The quantitative estimate of drug-likeness (QED) is 0.811. The molecule has 0 spiro atoms. The normalized spacial score (nSPS) is 12.2. The molecule has 0 heterocycles. The lowest BCUT2D eigenvalue weighted by Gasteiger charge is -2.20. The highest BCUT2D eigenvalue weighted by molar-refractivity contribution is 7.91. The molecule has 0 amide bonds. The highest BCUT2D eigenvalue weighted by Gasteiger charge is 2.20. The SMILES string of the molecule is Cc1cc(C(C)(C)C)ccc1S(=O)(=O)CC#N. The standard InChI is InChI=1S/C13H17NO2S/c1-10-9-11(13(2,3)4)5-6-12(10)17(15,16)8-7-14/h5-6,9H,8H2,1-4H3. The summed E-state index contributed by atoms with van der Waals surface area (Å²) in [5.74, 6) is -0.470. The maximum Gasteiger partial charge on any atom is 0.191 e. The van der Waals surface area contributed by atoms with Gasteiger partial charge in [0.1, 0.15) is 5.75 Å². The molecule has 0 unspecified atom stereocenters. The van der Waals surface area contributed by atoms with Gasteiger partial charge in [-0.25, -0.2) is 8.42 Å². The summed E-state index contributed by atoms with van der Waals surface area (Å²) in [7, 11) is -3.46. The van der Waals surface area contributed by atoms with E-state index >= 15 is 0 Å². The van der Waals surface area contributed by atoms with Crippen LogP contribution in [0.1, 0.15) is 31.9 Å². The minimum absolute atomic E-state index is 0.0116. The molecular weight excluding hydrogens is 234 g/mol. The molecule has 0 aliphatic rings. The van der Waals surface area contributed by atoms with Gasteiger partial charge in [0.05, 0.1) is 11.0 Å². The Morgan fingerprint density at radius 3 is 2.29 bits per heavy atom. The van der Waals surface area contributed by atoms with Crippen LogP contribution in [0.25, 0.3) is 0 Å². The van der Waals surface area contributed by atoms with E-state index in [9.17, 15) is 8.42 Å². The smallest absolute Gasteiger partial charge is 0.191 e. The van der Waals surface area contributed by atoms with Gasteiger partial charge in [-0.15, -0.1) is 0 Å². The summed E-state index contributed by atoms with van der Waals surface area (Å²) >= 11 is 0. The molecule has 1 aromatic carbocycles. The molecule has 0 bridgehead atoms. The molecular formula is C13H17NO2S. The van der Waals surface area contributed by atoms with Gasteiger partial charge in [-0.05, 0) is 29.5 Å². The molecule has 0 atom stereocenters. The fourth-order valence-corrected chi connectivity index (χ4v) is 2.78. The summed E-state index contributed by atoms with van der Waals surface area (Å²) in [6.07, 6.45) is 0. The Morgan fingerprint density at radius 1 is 1.29 bits per heavy atom. The third-order valence-corrected chi connectivity index (χ3v) is 4.27. The summed E-state index contributed by atoms with van der Waals surface area (Å²) in [6.45, 7) is 7.99. The number of rotatable bonds is 2. The first-order valence-corrected chi connectivity index (χ1v) is 7.04. The van der Waals surface area contributed by atoms with Gasteiger partial charge in [0.25, 0.3) is 0 Å². The number of aryl methyl sites for hydroxylation is 1. The van der Waals surface area contributed by atoms with Crippen molar-refractivity contribution in [3.05, 3.63) is 29.3 Å². The number of hydrogen-bond acceptors (Lipinski definition) is 3. The van der Waals surface area contributed by atoms with E-state index in [1.165, 1.54) is 0 Å². The Hall–Kier alpha value is -1.34. The summed E-state index contributed by atoms with van der Waals surface area (Å²) < 4.78 is 23.6. The largest absolute Gasteiger partial charge is 0.223 e. The van der Waals surface area contributed by atoms with Crippen molar-refractivity contribution in [3.8, 4) is 6.07 Å². The first-order valence-electron chi connectivity index (χ1n) is 5.39. The molecule has 0 aromatic heterocycles. The molecule has 3 nitrogen and oxygen atoms in total. The molecule has 0 N–H and O–H groups in total. The molecule has 0 aliphatic carbocycles. The Morgan fingerprint density at radius 2 is 1.88 bits per heavy atom. The van der Waals surface area contributed by atoms with Gasteiger partial charge in [-0.2, -0.15) is 5.26 Å². The second kappa shape index (κ2) is 4.50. The second-order valence-electron chi connectivity index (χ2n) is 5.15. The lowest BCUT2D eigenvalue weighted by atomic mass is 9.86. The van der Waals surface area contributed by atoms with Crippen molar-refractivity contribution in [2.75, 3.05) is 5.75 Å². The first-order chi connectivity index (χ1) is 7.68. The Kier molecular flexibility index (Phi) is 3.63. The van der Waals surface area contributed by atoms with Gasteiger partial charge < -0.3 is 0 Å². The van der Waals surface area contributed by atoms with Crippen molar-refractivity contribution in [1.29, 1.82) is 5.26 Å². The molecule has 0 saturated carbocycles. The molecule has 0 radical (unpaired) electrons. The van der Waals surface area contributed by atoms with Gasteiger partial charge in [0.15, 0.2) is 9.84 Å². The molecule has 92 valence electrons. The van der Waals surface area contributed by atoms with Crippen LogP contribution in [-0.2, 0) is 15.3 Å². The maximum atomic E-state index is 11.8. The van der Waals surface area contributed by atoms with Crippen molar-refractivity contribution in [3.63, 3.8) is 0 Å². The average molecular weight is 251 g/mol. The summed E-state index contributed by atoms with van der Waals surface area (Å²) in [5, 5.41) is 8.51. The summed E-state index contributed by atoms with van der Waals surface area (Å²) in [4.78, 5) is 0.257. The zero-order chi connectivity index (χ0) is 13.3. The van der Waals surface area contributed by atoms with Gasteiger partial charge in [0.2, 0.25) is 0 Å². The highest BCUT2D eigenvalue weighted by atomic mass is 32.2. The van der Waals surface area contributed by atoms with Crippen LogP contribution in [0.15, 0.2) is 23.1 Å². The van der Waals surface area contributed by atoms with Crippen LogP contribution in [0, 0.1) is 18.3 Å². The van der Waals surface area contributed by atoms with Crippen molar-refractivity contribution in [1.82, 2.24) is 0 Å². The van der Waals surface area contributed by atoms with Crippen LogP contribution in [0.4, 0.5) is 0 Å². The van der Waals surface area contributed by atoms with Gasteiger partial charge in [-0.1, -0.05) is 32.9 Å². The van der Waals surface area contributed by atoms with E-state index in [0.717, 1.165) is 5.56 Å². The number of sulfone groups is 1. The maximum absolute atomic E-state index is 11.8. The van der Waals surface area contributed by atoms with Gasteiger partial charge in [0, 0.05) is 0 Å². The predicted molar refractivity (Wildman–Crippen MR) is 67.5 cm³/mol. The number of nitrogens with zero attached hydrogens (tertiary/aromatic N) is 1. The molecule has 0 saturated heterocycles. The van der Waals surface area contributed by atoms with Crippen LogP contribution in [-0.4, -0.2) is 14.2 Å². The van der Waals surface area contributed by atoms with E-state index < -0.39 is 15.6 Å². The van der Waals surface area contributed by atoms with E-state index in [2.05, 4.69) is 20.8 Å². The minimum Gasteiger partial charge on any atom is -0.223 e. The second-order valence-corrected chi connectivity index (χ2v) is 7.11. The van der Waals surface area contributed by atoms with Crippen LogP contribution in [0.3, 0.4) is 0 Å². The zero-order valence-corrected chi connectivity index (χ0v) is 11.4. The van der Waals surface area contributed by atoms with Gasteiger partial charge in [-0.3, -0.25) is 0 Å². The molecule has 1 rings (SSSR count). The molecule has 17 heavy (non-hydrogen) atoms. The topological polar surface area (TPSA) is 57.9 Å². The fraction of sp³-hybridized carbons (Fsp3) is 0.462. The van der Waals surface area contributed by atoms with Gasteiger partial charge >= 0.3 is 0 Å². The summed E-state index contributed by atoms with van der Waals surface area (Å²) in [5.41, 5.74) is 1.78. The Bertz CT molecular complexity index is 560. The van der Waals surface area contributed by atoms with Crippen LogP contribution < -0.4 is 0 Å². The van der Waals surface area contributed by atoms with Crippen LogP contribution in [0.2, 0.25) is 0 Å². The predicted octanol–water partition coefficient (Wildman–Crippen LogP) is 2.59. The average Bonchev–Trinajstić information content (AvgIpc) is 2.15. The molecule has 0 fully saturated rings. The molecule has 0 aliphatic heterocycles. The Labute approximate surface area is 103 Å². The third kappa shape index (κ3) is 3.07. The Balaban J connectivity index is 3.30. The lowest BCUT2D eigenvalue weighted by molar-refractivity contribution is 0.586. The van der Waals surface area contributed by atoms with Crippen molar-refractivity contribution in [2.24, 2.45) is 0 Å². The van der Waals surface area contributed by atoms with E-state index in [0.29, 0.717) is 5.56 Å². The van der Waals surface area contributed by atoms with Crippen molar-refractivity contribution < 1.29 is 8.42 Å². The van der Waals surface area contributed by atoms with Crippen LogP contribution >= 0.6 is 0 Å². The van der Waals surface area contributed by atoms with Crippen LogP contribution in [0.5, 0.6) is 0 Å². The number of nitriles is 1. The monoisotopic (exact) mass is 251 g/mol. The van der Waals surface area contributed by atoms with Crippen molar-refractivity contribution >= 4 is 9.84 Å². The number of hydrogen-bond donors (Lipinski definition) is 0. The van der Waals surface area contributed by atoms with E-state index in [4.69, 9.17) is 5.26 Å². The summed E-state index contributed by atoms with van der Waals surface area (Å²) in [6, 6.07) is 6.99. The zero-order valence-electron chi connectivity index (χ0n) is 10.6. The first kappa shape index (κ1) is 13.7. The highest BCUT2D eigenvalue weighted by Crippen LogP contribution is 2.26.